The fourth-order valence-electron chi connectivity index (χ4n) is 1.49. The van der Waals surface area contributed by atoms with Crippen molar-refractivity contribution in [1.82, 2.24) is 0 Å². The Balaban J connectivity index is 2.54. The molecule has 5 heteroatoms. The molecule has 0 aliphatic heterocycles. The number of rotatable bonds is 6. The number of esters is 1. The summed E-state index contributed by atoms with van der Waals surface area (Å²) in [7, 11) is 0. The third-order valence-corrected chi connectivity index (χ3v) is 3.37. The highest BCUT2D eigenvalue weighted by atomic mass is 79.9. The molecule has 0 aromatic heterocycles. The van der Waals surface area contributed by atoms with E-state index >= 15 is 0 Å². The van der Waals surface area contributed by atoms with Gasteiger partial charge in [0.15, 0.2) is 0 Å². The van der Waals surface area contributed by atoms with E-state index in [2.05, 4.69) is 20.7 Å². The highest BCUT2D eigenvalue weighted by Crippen LogP contribution is 2.29. The Kier molecular flexibility index (Phi) is 5.75. The fraction of sp³-hybridized carbons (Fsp3) is 0.462. The second-order valence-corrected chi connectivity index (χ2v) is 5.04. The average molecular weight is 319 g/mol. The van der Waals surface area contributed by atoms with E-state index < -0.39 is 16.7 Å². The Labute approximate surface area is 114 Å². The summed E-state index contributed by atoms with van der Waals surface area (Å²) < 4.78 is 16.0. The lowest BCUT2D eigenvalue weighted by atomic mass is 10.0. The highest BCUT2D eigenvalue weighted by molar-refractivity contribution is 9.10. The maximum Gasteiger partial charge on any atom is 0.357 e. The number of halogens is 2. The molecule has 0 bridgehead atoms. The minimum absolute atomic E-state index is 0.0709. The predicted molar refractivity (Wildman–Crippen MR) is 70.2 cm³/mol. The molecule has 0 aliphatic carbocycles. The van der Waals surface area contributed by atoms with Crippen LogP contribution in [0.3, 0.4) is 0 Å². The van der Waals surface area contributed by atoms with E-state index in [9.17, 15) is 14.3 Å². The van der Waals surface area contributed by atoms with Crippen LogP contribution in [0.4, 0.5) is 4.39 Å². The van der Waals surface area contributed by atoms with Crippen molar-refractivity contribution in [3.05, 3.63) is 35.9 Å². The minimum atomic E-state index is -2.54. The third kappa shape index (κ3) is 4.07. The van der Waals surface area contributed by atoms with Crippen LogP contribution in [-0.4, -0.2) is 28.4 Å². The number of alkyl halides is 2. The van der Waals surface area contributed by atoms with Crippen LogP contribution in [0.25, 0.3) is 0 Å². The summed E-state index contributed by atoms with van der Waals surface area (Å²) in [4.78, 5) is 11.3. The van der Waals surface area contributed by atoms with Gasteiger partial charge in [-0.3, -0.25) is 0 Å². The molecule has 0 saturated heterocycles. The van der Waals surface area contributed by atoms with E-state index in [0.717, 1.165) is 5.56 Å². The van der Waals surface area contributed by atoms with Gasteiger partial charge in [0.2, 0.25) is 0 Å². The number of aryl methyl sites for hydroxylation is 1. The van der Waals surface area contributed by atoms with Gasteiger partial charge >= 0.3 is 5.97 Å². The van der Waals surface area contributed by atoms with E-state index in [1.54, 1.807) is 6.92 Å². The third-order valence-electron chi connectivity index (χ3n) is 2.52. The molecule has 1 aromatic rings. The Morgan fingerprint density at radius 3 is 2.67 bits per heavy atom. The zero-order valence-corrected chi connectivity index (χ0v) is 11.7. The van der Waals surface area contributed by atoms with Crippen LogP contribution < -0.4 is 0 Å². The quantitative estimate of drug-likeness (QED) is 0.648. The van der Waals surface area contributed by atoms with E-state index in [0.29, 0.717) is 6.42 Å². The summed E-state index contributed by atoms with van der Waals surface area (Å²) in [6.45, 7) is 1.65. The van der Waals surface area contributed by atoms with Crippen molar-refractivity contribution in [3.8, 4) is 0 Å². The number of aliphatic hydroxyl groups excluding tert-OH is 1. The fourth-order valence-corrected chi connectivity index (χ4v) is 1.84. The van der Waals surface area contributed by atoms with Crippen LogP contribution in [0, 0.1) is 0 Å². The van der Waals surface area contributed by atoms with E-state index in [1.807, 2.05) is 30.3 Å². The summed E-state index contributed by atoms with van der Waals surface area (Å²) in [6, 6.07) is 9.37. The molecule has 0 amide bonds. The number of ether oxygens (including phenoxy) is 1. The molecule has 1 aromatic carbocycles. The maximum atomic E-state index is 14.0. The standard InChI is InChI=1S/C13H16BrFO3/c1-2-18-12(17)13(14,15)11(16)9-8-10-6-4-3-5-7-10/h3-7,11,16H,2,8-9H2,1H3/t11-,13-/m1/s1. The Morgan fingerprint density at radius 1 is 1.50 bits per heavy atom. The Bertz CT molecular complexity index is 381. The van der Waals surface area contributed by atoms with Gasteiger partial charge in [-0.25, -0.2) is 9.18 Å². The largest absolute Gasteiger partial charge is 0.463 e. The summed E-state index contributed by atoms with van der Waals surface area (Å²) in [6.07, 6.45) is -0.833. The van der Waals surface area contributed by atoms with Gasteiger partial charge in [-0.05, 0) is 41.3 Å². The molecule has 1 rings (SSSR count). The Hall–Kier alpha value is -0.940. The van der Waals surface area contributed by atoms with Crippen molar-refractivity contribution in [2.45, 2.75) is 30.4 Å². The molecular weight excluding hydrogens is 303 g/mol. The number of hydrogen-bond donors (Lipinski definition) is 1. The molecule has 1 N–H and O–H groups in total. The van der Waals surface area contributed by atoms with Crippen molar-refractivity contribution in [2.24, 2.45) is 0 Å². The molecule has 0 spiro atoms. The first kappa shape index (κ1) is 15.1. The molecule has 0 aliphatic rings. The van der Waals surface area contributed by atoms with Gasteiger partial charge < -0.3 is 9.84 Å². The van der Waals surface area contributed by atoms with Crippen LogP contribution >= 0.6 is 15.9 Å². The van der Waals surface area contributed by atoms with Gasteiger partial charge in [-0.1, -0.05) is 30.3 Å². The number of carbonyl (C=O) groups is 1. The molecule has 0 fully saturated rings. The topological polar surface area (TPSA) is 46.5 Å². The summed E-state index contributed by atoms with van der Waals surface area (Å²) in [5, 5.41) is 9.71. The van der Waals surface area contributed by atoms with E-state index in [4.69, 9.17) is 0 Å². The van der Waals surface area contributed by atoms with Gasteiger partial charge in [0, 0.05) is 0 Å². The predicted octanol–water partition coefficient (Wildman–Crippen LogP) is 2.60. The summed E-state index contributed by atoms with van der Waals surface area (Å²) in [5.41, 5.74) is 0.976. The van der Waals surface area contributed by atoms with Crippen molar-refractivity contribution >= 4 is 21.9 Å². The number of carbonyl (C=O) groups excluding carboxylic acids is 1. The van der Waals surface area contributed by atoms with Gasteiger partial charge in [0.05, 0.1) is 6.61 Å². The van der Waals surface area contributed by atoms with Crippen molar-refractivity contribution in [1.29, 1.82) is 0 Å². The number of benzene rings is 1. The molecular formula is C13H16BrFO3. The van der Waals surface area contributed by atoms with Crippen LogP contribution in [0.1, 0.15) is 18.9 Å². The SMILES string of the molecule is CCOC(=O)[C@@](F)(Br)[C@H](O)CCc1ccccc1. The van der Waals surface area contributed by atoms with Crippen LogP contribution in [0.15, 0.2) is 30.3 Å². The van der Waals surface area contributed by atoms with Crippen molar-refractivity contribution < 1.29 is 19.0 Å². The van der Waals surface area contributed by atoms with Crippen LogP contribution in [0.2, 0.25) is 0 Å². The van der Waals surface area contributed by atoms with Crippen molar-refractivity contribution in [3.63, 3.8) is 0 Å². The minimum Gasteiger partial charge on any atom is -0.463 e. The molecule has 0 radical (unpaired) electrons. The van der Waals surface area contributed by atoms with Crippen LogP contribution in [0.5, 0.6) is 0 Å². The van der Waals surface area contributed by atoms with Crippen molar-refractivity contribution in [2.75, 3.05) is 6.61 Å². The van der Waals surface area contributed by atoms with E-state index in [-0.39, 0.29) is 13.0 Å². The molecule has 100 valence electrons. The molecule has 0 unspecified atom stereocenters. The van der Waals surface area contributed by atoms with Crippen LogP contribution in [-0.2, 0) is 16.0 Å². The summed E-state index contributed by atoms with van der Waals surface area (Å²) in [5.74, 6) is -1.09. The first-order valence-electron chi connectivity index (χ1n) is 5.75. The normalized spacial score (nSPS) is 15.8. The molecule has 18 heavy (non-hydrogen) atoms. The highest BCUT2D eigenvalue weighted by Gasteiger charge is 2.44. The zero-order valence-electron chi connectivity index (χ0n) is 10.1. The lowest BCUT2D eigenvalue weighted by molar-refractivity contribution is -0.156. The zero-order chi connectivity index (χ0) is 13.6. The maximum absolute atomic E-state index is 14.0. The molecule has 0 saturated carbocycles. The molecule has 2 atom stereocenters. The first-order valence-corrected chi connectivity index (χ1v) is 6.54. The molecule has 3 nitrogen and oxygen atoms in total. The molecule has 0 heterocycles. The summed E-state index contributed by atoms with van der Waals surface area (Å²) >= 11 is 2.60. The smallest absolute Gasteiger partial charge is 0.357 e. The number of hydrogen-bond acceptors (Lipinski definition) is 3. The second-order valence-electron chi connectivity index (χ2n) is 3.88. The Morgan fingerprint density at radius 2 is 2.11 bits per heavy atom. The van der Waals surface area contributed by atoms with E-state index in [1.165, 1.54) is 0 Å². The second kappa shape index (κ2) is 6.85. The average Bonchev–Trinajstić information content (AvgIpc) is 2.37. The van der Waals surface area contributed by atoms with Gasteiger partial charge in [-0.15, -0.1) is 0 Å². The van der Waals surface area contributed by atoms with Gasteiger partial charge in [0.25, 0.3) is 4.58 Å². The van der Waals surface area contributed by atoms with Gasteiger partial charge in [-0.2, -0.15) is 0 Å². The lowest BCUT2D eigenvalue weighted by Gasteiger charge is -2.22. The lowest BCUT2D eigenvalue weighted by Crippen LogP contribution is -2.41. The van der Waals surface area contributed by atoms with Gasteiger partial charge in [0.1, 0.15) is 6.10 Å². The monoisotopic (exact) mass is 318 g/mol. The number of aliphatic hydroxyl groups is 1. The first-order chi connectivity index (χ1) is 8.48.